The van der Waals surface area contributed by atoms with Gasteiger partial charge in [0.05, 0.1) is 4.90 Å². The number of sulfone groups is 1. The van der Waals surface area contributed by atoms with Crippen LogP contribution in [0.3, 0.4) is 0 Å². The lowest BCUT2D eigenvalue weighted by molar-refractivity contribution is 0.594. The lowest BCUT2D eigenvalue weighted by atomic mass is 10.1. The number of rotatable bonds is 4. The summed E-state index contributed by atoms with van der Waals surface area (Å²) in [5, 5.41) is 4.82. The normalized spacial score (nSPS) is 12.2. The van der Waals surface area contributed by atoms with Crippen molar-refractivity contribution in [3.63, 3.8) is 0 Å². The number of hydrogen-bond donors (Lipinski definition) is 0. The zero-order chi connectivity index (χ0) is 16.6. The predicted molar refractivity (Wildman–Crippen MR) is 90.8 cm³/mol. The number of nitrogens with zero attached hydrogens (tertiary/aromatic N) is 3. The third-order valence-corrected chi connectivity index (χ3v) is 6.15. The molecule has 0 bridgehead atoms. The molecule has 0 N–H and O–H groups in total. The van der Waals surface area contributed by atoms with Gasteiger partial charge in [-0.2, -0.15) is 5.10 Å². The van der Waals surface area contributed by atoms with Gasteiger partial charge in [0.1, 0.15) is 5.03 Å². The standard InChI is InChI=1S/C16H17N3O2S2/c1-11(2)13-9-10-19-15(17-13)14(16(18-19)22-3)23(20,21)12-7-5-4-6-8-12/h4-11H,1-3H3. The first-order valence-corrected chi connectivity index (χ1v) is 9.89. The van der Waals surface area contributed by atoms with Crippen molar-refractivity contribution >= 4 is 27.2 Å². The molecular weight excluding hydrogens is 330 g/mol. The average molecular weight is 347 g/mol. The molecule has 3 aromatic rings. The molecule has 0 radical (unpaired) electrons. The van der Waals surface area contributed by atoms with Gasteiger partial charge in [0.15, 0.2) is 10.5 Å². The first-order valence-electron chi connectivity index (χ1n) is 7.18. The molecule has 0 aliphatic carbocycles. The van der Waals surface area contributed by atoms with Gasteiger partial charge in [-0.05, 0) is 30.4 Å². The van der Waals surface area contributed by atoms with Gasteiger partial charge in [-0.3, -0.25) is 0 Å². The lowest BCUT2D eigenvalue weighted by Gasteiger charge is -2.06. The Bertz CT molecular complexity index is 948. The fourth-order valence-electron chi connectivity index (χ4n) is 2.31. The highest BCUT2D eigenvalue weighted by molar-refractivity contribution is 7.99. The first kappa shape index (κ1) is 16.0. The second-order valence-corrected chi connectivity index (χ2v) is 8.11. The van der Waals surface area contributed by atoms with E-state index in [0.29, 0.717) is 10.7 Å². The molecule has 0 unspecified atom stereocenters. The molecular formula is C16H17N3O2S2. The van der Waals surface area contributed by atoms with E-state index in [1.165, 1.54) is 16.3 Å². The number of aromatic nitrogens is 3. The molecule has 0 saturated carbocycles. The molecule has 7 heteroatoms. The second kappa shape index (κ2) is 5.98. The number of hydrogen-bond acceptors (Lipinski definition) is 5. The van der Waals surface area contributed by atoms with Gasteiger partial charge in [-0.15, -0.1) is 11.8 Å². The van der Waals surface area contributed by atoms with Crippen molar-refractivity contribution in [2.45, 2.75) is 34.6 Å². The van der Waals surface area contributed by atoms with Gasteiger partial charge in [0.2, 0.25) is 9.84 Å². The van der Waals surface area contributed by atoms with E-state index in [9.17, 15) is 8.42 Å². The number of benzene rings is 1. The maximum Gasteiger partial charge on any atom is 0.213 e. The molecule has 2 heterocycles. The Hall–Kier alpha value is -1.86. The third kappa shape index (κ3) is 2.74. The Kier molecular flexibility index (Phi) is 4.16. The van der Waals surface area contributed by atoms with E-state index in [2.05, 4.69) is 10.1 Å². The van der Waals surface area contributed by atoms with Gasteiger partial charge >= 0.3 is 0 Å². The molecule has 0 spiro atoms. The third-order valence-electron chi connectivity index (χ3n) is 3.54. The minimum atomic E-state index is -3.67. The van der Waals surface area contributed by atoms with Crippen LogP contribution in [0.5, 0.6) is 0 Å². The first-order chi connectivity index (χ1) is 10.9. The van der Waals surface area contributed by atoms with Crippen molar-refractivity contribution in [3.8, 4) is 0 Å². The van der Waals surface area contributed by atoms with Crippen molar-refractivity contribution in [1.82, 2.24) is 14.6 Å². The topological polar surface area (TPSA) is 64.3 Å². The van der Waals surface area contributed by atoms with Crippen LogP contribution in [0.25, 0.3) is 5.65 Å². The maximum absolute atomic E-state index is 13.1. The molecule has 0 aliphatic rings. The van der Waals surface area contributed by atoms with Gasteiger partial charge < -0.3 is 0 Å². The molecule has 0 atom stereocenters. The zero-order valence-electron chi connectivity index (χ0n) is 13.1. The molecule has 23 heavy (non-hydrogen) atoms. The summed E-state index contributed by atoms with van der Waals surface area (Å²) in [6, 6.07) is 10.3. The van der Waals surface area contributed by atoms with E-state index in [1.807, 2.05) is 26.2 Å². The van der Waals surface area contributed by atoms with Crippen LogP contribution in [0.1, 0.15) is 25.5 Å². The largest absolute Gasteiger partial charge is 0.232 e. The van der Waals surface area contributed by atoms with Gasteiger partial charge in [0, 0.05) is 11.9 Å². The number of thioether (sulfide) groups is 1. The Morgan fingerprint density at radius 1 is 1.13 bits per heavy atom. The fraction of sp³-hybridized carbons (Fsp3) is 0.250. The van der Waals surface area contributed by atoms with Crippen molar-refractivity contribution in [2.75, 3.05) is 6.26 Å². The Balaban J connectivity index is 2.33. The molecule has 0 saturated heterocycles. The van der Waals surface area contributed by atoms with Crippen LogP contribution in [-0.4, -0.2) is 29.3 Å². The number of fused-ring (bicyclic) bond motifs is 1. The van der Waals surface area contributed by atoms with Gasteiger partial charge in [0.25, 0.3) is 0 Å². The van der Waals surface area contributed by atoms with Crippen LogP contribution in [-0.2, 0) is 9.84 Å². The summed E-state index contributed by atoms with van der Waals surface area (Å²) in [6.07, 6.45) is 3.58. The van der Waals surface area contributed by atoms with E-state index in [4.69, 9.17) is 0 Å². The highest BCUT2D eigenvalue weighted by Crippen LogP contribution is 2.32. The molecule has 5 nitrogen and oxygen atoms in total. The van der Waals surface area contributed by atoms with E-state index in [1.54, 1.807) is 36.5 Å². The van der Waals surface area contributed by atoms with E-state index in [-0.39, 0.29) is 15.7 Å². The van der Waals surface area contributed by atoms with Crippen LogP contribution < -0.4 is 0 Å². The minimum Gasteiger partial charge on any atom is -0.232 e. The lowest BCUT2D eigenvalue weighted by Crippen LogP contribution is -2.04. The molecule has 0 amide bonds. The van der Waals surface area contributed by atoms with Crippen molar-refractivity contribution in [3.05, 3.63) is 48.3 Å². The average Bonchev–Trinajstić information content (AvgIpc) is 2.93. The Morgan fingerprint density at radius 2 is 1.83 bits per heavy atom. The molecule has 1 aromatic carbocycles. The van der Waals surface area contributed by atoms with E-state index < -0.39 is 9.84 Å². The second-order valence-electron chi connectivity index (χ2n) is 5.43. The summed E-state index contributed by atoms with van der Waals surface area (Å²) in [5.41, 5.74) is 1.22. The minimum absolute atomic E-state index is 0.179. The Morgan fingerprint density at radius 3 is 2.43 bits per heavy atom. The molecule has 0 fully saturated rings. The predicted octanol–water partition coefficient (Wildman–Crippen LogP) is 3.41. The maximum atomic E-state index is 13.1. The summed E-state index contributed by atoms with van der Waals surface area (Å²) in [6.45, 7) is 4.05. The summed E-state index contributed by atoms with van der Waals surface area (Å²) in [5.74, 6) is 0.208. The molecule has 3 rings (SSSR count). The summed E-state index contributed by atoms with van der Waals surface area (Å²) in [7, 11) is -3.67. The Labute approximate surface area is 139 Å². The monoisotopic (exact) mass is 347 g/mol. The highest BCUT2D eigenvalue weighted by atomic mass is 32.2. The van der Waals surface area contributed by atoms with E-state index in [0.717, 1.165) is 5.69 Å². The fourth-order valence-corrected chi connectivity index (χ4v) is 4.74. The van der Waals surface area contributed by atoms with Crippen LogP contribution in [0.15, 0.2) is 57.4 Å². The smallest absolute Gasteiger partial charge is 0.213 e. The summed E-state index contributed by atoms with van der Waals surface area (Å²) in [4.78, 5) is 4.97. The summed E-state index contributed by atoms with van der Waals surface area (Å²) >= 11 is 1.31. The van der Waals surface area contributed by atoms with Gasteiger partial charge in [-0.1, -0.05) is 32.0 Å². The highest BCUT2D eigenvalue weighted by Gasteiger charge is 2.28. The van der Waals surface area contributed by atoms with Crippen LogP contribution in [0.2, 0.25) is 0 Å². The molecule has 120 valence electrons. The zero-order valence-corrected chi connectivity index (χ0v) is 14.7. The quantitative estimate of drug-likeness (QED) is 0.677. The van der Waals surface area contributed by atoms with E-state index >= 15 is 0 Å². The summed E-state index contributed by atoms with van der Waals surface area (Å²) < 4.78 is 27.7. The van der Waals surface area contributed by atoms with Crippen LogP contribution in [0, 0.1) is 0 Å². The van der Waals surface area contributed by atoms with Crippen molar-refractivity contribution < 1.29 is 8.42 Å². The van der Waals surface area contributed by atoms with Crippen molar-refractivity contribution in [1.29, 1.82) is 0 Å². The van der Waals surface area contributed by atoms with Crippen LogP contribution in [0.4, 0.5) is 0 Å². The van der Waals surface area contributed by atoms with Crippen molar-refractivity contribution in [2.24, 2.45) is 0 Å². The van der Waals surface area contributed by atoms with Gasteiger partial charge in [-0.25, -0.2) is 17.9 Å². The van der Waals surface area contributed by atoms with Crippen LogP contribution >= 0.6 is 11.8 Å². The SMILES string of the molecule is CSc1nn2ccc(C(C)C)nc2c1S(=O)(=O)c1ccccc1. The molecule has 2 aromatic heterocycles. The molecule has 0 aliphatic heterocycles.